The average molecular weight is 402 g/mol. The largest absolute Gasteiger partial charge is 0.480 e. The summed E-state index contributed by atoms with van der Waals surface area (Å²) in [4.78, 5) is 12.5. The number of rotatable bonds is 8. The Labute approximate surface area is 162 Å². The van der Waals surface area contributed by atoms with Crippen molar-refractivity contribution in [2.45, 2.75) is 21.5 Å². The molecule has 140 valence electrons. The van der Waals surface area contributed by atoms with Gasteiger partial charge in [0.1, 0.15) is 5.25 Å². The van der Waals surface area contributed by atoms with Gasteiger partial charge in [0.15, 0.2) is 0 Å². The third kappa shape index (κ3) is 5.09. The Morgan fingerprint density at radius 3 is 2.33 bits per heavy atom. The first-order valence-corrected chi connectivity index (χ1v) is 10.7. The normalized spacial score (nSPS) is 12.7. The first kappa shape index (κ1) is 19.4. The van der Waals surface area contributed by atoms with E-state index in [9.17, 15) is 18.3 Å². The Morgan fingerprint density at radius 1 is 0.963 bits per heavy atom. The second-order valence-electron chi connectivity index (χ2n) is 5.95. The highest BCUT2D eigenvalue weighted by atomic mass is 32.2. The molecule has 0 spiro atoms. The number of carboxylic acids is 1. The Hall–Kier alpha value is -2.35. The zero-order valence-electron chi connectivity index (χ0n) is 14.4. The van der Waals surface area contributed by atoms with E-state index < -0.39 is 21.2 Å². The van der Waals surface area contributed by atoms with Gasteiger partial charge in [0.2, 0.25) is 10.0 Å². The molecule has 1 unspecified atom stereocenters. The minimum absolute atomic E-state index is 0.0476. The van der Waals surface area contributed by atoms with Crippen LogP contribution in [-0.2, 0) is 14.8 Å². The van der Waals surface area contributed by atoms with Crippen LogP contribution in [0.5, 0.6) is 0 Å². The maximum atomic E-state index is 12.5. The average Bonchev–Trinajstić information content (AvgIpc) is 2.67. The third-order valence-corrected chi connectivity index (χ3v) is 6.75. The quantitative estimate of drug-likeness (QED) is 0.562. The van der Waals surface area contributed by atoms with Gasteiger partial charge in [-0.3, -0.25) is 4.79 Å². The molecule has 27 heavy (non-hydrogen) atoms. The van der Waals surface area contributed by atoms with Gasteiger partial charge in [-0.25, -0.2) is 13.1 Å². The van der Waals surface area contributed by atoms with E-state index in [1.165, 1.54) is 11.8 Å². The summed E-state index contributed by atoms with van der Waals surface area (Å²) in [7, 11) is -3.70. The van der Waals surface area contributed by atoms with Crippen LogP contribution in [0.15, 0.2) is 82.6 Å². The number of carboxylic acid groups (broad SMARTS) is 1. The smallest absolute Gasteiger partial charge is 0.317 e. The van der Waals surface area contributed by atoms with Crippen molar-refractivity contribution in [2.24, 2.45) is 0 Å². The van der Waals surface area contributed by atoms with Crippen molar-refractivity contribution in [3.05, 3.63) is 72.8 Å². The summed E-state index contributed by atoms with van der Waals surface area (Å²) in [6.45, 7) is 0.0476. The fourth-order valence-electron chi connectivity index (χ4n) is 2.64. The lowest BCUT2D eigenvalue weighted by Crippen LogP contribution is -2.29. The molecule has 0 fully saturated rings. The highest BCUT2D eigenvalue weighted by Crippen LogP contribution is 2.25. The molecular weight excluding hydrogens is 382 g/mol. The summed E-state index contributed by atoms with van der Waals surface area (Å²) in [6.07, 6.45) is 0.182. The minimum atomic E-state index is -3.70. The molecule has 0 saturated heterocycles. The molecule has 0 aliphatic rings. The summed E-state index contributed by atoms with van der Waals surface area (Å²) in [6, 6.07) is 21.6. The number of hydrogen-bond donors (Lipinski definition) is 2. The van der Waals surface area contributed by atoms with Crippen molar-refractivity contribution >= 4 is 38.5 Å². The van der Waals surface area contributed by atoms with Crippen molar-refractivity contribution in [3.63, 3.8) is 0 Å². The molecule has 0 bridgehead atoms. The molecule has 3 rings (SSSR count). The molecule has 2 N–H and O–H groups in total. The summed E-state index contributed by atoms with van der Waals surface area (Å²) >= 11 is 1.21. The number of benzene rings is 3. The monoisotopic (exact) mass is 401 g/mol. The van der Waals surface area contributed by atoms with Gasteiger partial charge < -0.3 is 5.11 Å². The van der Waals surface area contributed by atoms with Crippen LogP contribution >= 0.6 is 11.8 Å². The van der Waals surface area contributed by atoms with Gasteiger partial charge in [0.25, 0.3) is 0 Å². The molecule has 3 aromatic rings. The zero-order valence-corrected chi connectivity index (χ0v) is 16.0. The van der Waals surface area contributed by atoms with Gasteiger partial charge >= 0.3 is 5.97 Å². The first-order valence-electron chi connectivity index (χ1n) is 8.39. The molecule has 0 radical (unpaired) electrons. The van der Waals surface area contributed by atoms with Gasteiger partial charge in [-0.05, 0) is 41.5 Å². The predicted molar refractivity (Wildman–Crippen MR) is 107 cm³/mol. The van der Waals surface area contributed by atoms with Crippen LogP contribution < -0.4 is 4.72 Å². The van der Waals surface area contributed by atoms with E-state index in [1.807, 2.05) is 54.6 Å². The van der Waals surface area contributed by atoms with Crippen LogP contribution in [0.4, 0.5) is 0 Å². The highest BCUT2D eigenvalue weighted by Gasteiger charge is 2.21. The fraction of sp³-hybridized carbons (Fsp3) is 0.150. The Kier molecular flexibility index (Phi) is 6.15. The van der Waals surface area contributed by atoms with E-state index >= 15 is 0 Å². The summed E-state index contributed by atoms with van der Waals surface area (Å²) in [5.74, 6) is -0.964. The number of thioether (sulfide) groups is 1. The Bertz CT molecular complexity index is 1040. The standard InChI is InChI=1S/C20H19NO4S2/c22-20(23)19(26-17-8-2-1-3-9-17)12-13-21-27(24,25)18-11-10-15-6-4-5-7-16(15)14-18/h1-11,14,19,21H,12-13H2,(H,22,23). The lowest BCUT2D eigenvalue weighted by Gasteiger charge is -2.13. The fourth-order valence-corrected chi connectivity index (χ4v) is 4.70. The van der Waals surface area contributed by atoms with Crippen LogP contribution in [0.2, 0.25) is 0 Å². The second kappa shape index (κ2) is 8.56. The number of aliphatic carboxylic acids is 1. The summed E-state index contributed by atoms with van der Waals surface area (Å²) in [5, 5.41) is 10.5. The maximum Gasteiger partial charge on any atom is 0.317 e. The third-order valence-electron chi connectivity index (χ3n) is 4.03. The highest BCUT2D eigenvalue weighted by molar-refractivity contribution is 8.00. The Morgan fingerprint density at radius 2 is 1.63 bits per heavy atom. The zero-order chi connectivity index (χ0) is 19.3. The van der Waals surface area contributed by atoms with Crippen molar-refractivity contribution in [2.75, 3.05) is 6.54 Å². The topological polar surface area (TPSA) is 83.5 Å². The number of nitrogens with one attached hydrogen (secondary N) is 1. The van der Waals surface area contributed by atoms with E-state index in [-0.39, 0.29) is 17.9 Å². The SMILES string of the molecule is O=C(O)C(CCNS(=O)(=O)c1ccc2ccccc2c1)Sc1ccccc1. The van der Waals surface area contributed by atoms with Crippen LogP contribution in [0.3, 0.4) is 0 Å². The maximum absolute atomic E-state index is 12.5. The molecule has 5 nitrogen and oxygen atoms in total. The molecule has 7 heteroatoms. The van der Waals surface area contributed by atoms with Gasteiger partial charge in [0, 0.05) is 11.4 Å². The Balaban J connectivity index is 1.65. The molecule has 1 atom stereocenters. The molecule has 0 amide bonds. The van der Waals surface area contributed by atoms with Crippen molar-refractivity contribution in [1.82, 2.24) is 4.72 Å². The lowest BCUT2D eigenvalue weighted by molar-refractivity contribution is -0.136. The van der Waals surface area contributed by atoms with Crippen LogP contribution in [0, 0.1) is 0 Å². The van der Waals surface area contributed by atoms with Crippen LogP contribution in [0.1, 0.15) is 6.42 Å². The molecule has 0 heterocycles. The second-order valence-corrected chi connectivity index (χ2v) is 9.00. The van der Waals surface area contributed by atoms with E-state index in [0.29, 0.717) is 0 Å². The number of sulfonamides is 1. The molecule has 0 aromatic heterocycles. The predicted octanol–water partition coefficient (Wildman–Crippen LogP) is 3.75. The molecular formula is C20H19NO4S2. The van der Waals surface area contributed by atoms with Crippen molar-refractivity contribution < 1.29 is 18.3 Å². The van der Waals surface area contributed by atoms with E-state index in [0.717, 1.165) is 15.7 Å². The number of fused-ring (bicyclic) bond motifs is 1. The number of hydrogen-bond acceptors (Lipinski definition) is 4. The molecule has 0 aliphatic heterocycles. The van der Waals surface area contributed by atoms with E-state index in [4.69, 9.17) is 0 Å². The van der Waals surface area contributed by atoms with Crippen molar-refractivity contribution in [3.8, 4) is 0 Å². The van der Waals surface area contributed by atoms with E-state index in [1.54, 1.807) is 18.2 Å². The molecule has 3 aromatic carbocycles. The number of carbonyl (C=O) groups is 1. The van der Waals surface area contributed by atoms with Gasteiger partial charge in [-0.2, -0.15) is 0 Å². The molecule has 0 saturated carbocycles. The lowest BCUT2D eigenvalue weighted by atomic mass is 10.1. The first-order chi connectivity index (χ1) is 13.0. The summed E-state index contributed by atoms with van der Waals surface area (Å²) < 4.78 is 27.5. The van der Waals surface area contributed by atoms with Crippen molar-refractivity contribution in [1.29, 1.82) is 0 Å². The summed E-state index contributed by atoms with van der Waals surface area (Å²) in [5.41, 5.74) is 0. The van der Waals surface area contributed by atoms with Gasteiger partial charge in [-0.15, -0.1) is 11.8 Å². The van der Waals surface area contributed by atoms with Crippen LogP contribution in [-0.4, -0.2) is 31.3 Å². The van der Waals surface area contributed by atoms with Gasteiger partial charge in [0.05, 0.1) is 4.90 Å². The molecule has 0 aliphatic carbocycles. The van der Waals surface area contributed by atoms with E-state index in [2.05, 4.69) is 4.72 Å². The van der Waals surface area contributed by atoms with Crippen LogP contribution in [0.25, 0.3) is 10.8 Å². The minimum Gasteiger partial charge on any atom is -0.480 e. The van der Waals surface area contributed by atoms with Gasteiger partial charge in [-0.1, -0.05) is 48.5 Å².